The Bertz CT molecular complexity index is 213. The van der Waals surface area contributed by atoms with E-state index in [1.165, 1.54) is 13.8 Å². The maximum absolute atomic E-state index is 10.8. The molecule has 1 rings (SSSR count). The van der Waals surface area contributed by atoms with Crippen LogP contribution in [0, 0.1) is 5.92 Å². The molecule has 1 saturated heterocycles. The summed E-state index contributed by atoms with van der Waals surface area (Å²) < 4.78 is 4.70. The van der Waals surface area contributed by atoms with E-state index in [-0.39, 0.29) is 5.91 Å². The molecule has 0 aromatic rings. The second-order valence-electron chi connectivity index (χ2n) is 2.81. The number of aliphatic hydroxyl groups excluding tert-OH is 1. The summed E-state index contributed by atoms with van der Waals surface area (Å²) in [5.74, 6) is -1.36. The predicted octanol–water partition coefficient (Wildman–Crippen LogP) is -0.998. The Kier molecular flexibility index (Phi) is 2.32. The van der Waals surface area contributed by atoms with Crippen LogP contribution < -0.4 is 5.32 Å². The minimum absolute atomic E-state index is 0.281. The number of hydrogen-bond acceptors (Lipinski definition) is 4. The molecular weight excluding hydrogens is 162 g/mol. The van der Waals surface area contributed by atoms with Crippen molar-refractivity contribution >= 4 is 11.9 Å². The van der Waals surface area contributed by atoms with Gasteiger partial charge in [0, 0.05) is 6.92 Å². The van der Waals surface area contributed by atoms with Crippen LogP contribution >= 0.6 is 0 Å². The van der Waals surface area contributed by atoms with E-state index in [1.807, 2.05) is 0 Å². The molecule has 3 atom stereocenters. The first-order chi connectivity index (χ1) is 5.52. The summed E-state index contributed by atoms with van der Waals surface area (Å²) in [6.07, 6.45) is -1.45. The molecule has 68 valence electrons. The van der Waals surface area contributed by atoms with Crippen LogP contribution in [0.5, 0.6) is 0 Å². The molecule has 1 aliphatic heterocycles. The van der Waals surface area contributed by atoms with Gasteiger partial charge >= 0.3 is 5.97 Å². The smallest absolute Gasteiger partial charge is 0.304 e. The molecule has 0 radical (unpaired) electrons. The number of rotatable bonds is 2. The highest BCUT2D eigenvalue weighted by atomic mass is 16.6. The fourth-order valence-electron chi connectivity index (χ4n) is 1.12. The highest BCUT2D eigenvalue weighted by molar-refractivity contribution is 5.86. The molecule has 1 heterocycles. The number of β-lactam (4-membered cyclic amide) rings is 1. The lowest BCUT2D eigenvalue weighted by Gasteiger charge is -2.36. The summed E-state index contributed by atoms with van der Waals surface area (Å²) >= 11 is 0. The first-order valence-electron chi connectivity index (χ1n) is 3.68. The maximum atomic E-state index is 10.8. The van der Waals surface area contributed by atoms with Crippen molar-refractivity contribution < 1.29 is 19.4 Å². The molecule has 0 saturated carbocycles. The van der Waals surface area contributed by atoms with Crippen LogP contribution in [0.4, 0.5) is 0 Å². The fraction of sp³-hybridized carbons (Fsp3) is 0.714. The average Bonchev–Trinajstić information content (AvgIpc) is 1.82. The van der Waals surface area contributed by atoms with E-state index in [0.29, 0.717) is 0 Å². The minimum atomic E-state index is -0.789. The highest BCUT2D eigenvalue weighted by Gasteiger charge is 2.44. The average molecular weight is 173 g/mol. The van der Waals surface area contributed by atoms with Gasteiger partial charge in [0.2, 0.25) is 5.91 Å². The van der Waals surface area contributed by atoms with Gasteiger partial charge in [0.1, 0.15) is 5.92 Å². The number of nitrogens with one attached hydrogen (secondary N) is 1. The third-order valence-electron chi connectivity index (χ3n) is 1.73. The van der Waals surface area contributed by atoms with Gasteiger partial charge in [-0.3, -0.25) is 9.59 Å². The Balaban J connectivity index is 2.48. The zero-order valence-corrected chi connectivity index (χ0v) is 6.90. The van der Waals surface area contributed by atoms with E-state index in [4.69, 9.17) is 9.84 Å². The summed E-state index contributed by atoms with van der Waals surface area (Å²) in [6.45, 7) is 2.74. The quantitative estimate of drug-likeness (QED) is 0.415. The topological polar surface area (TPSA) is 75.6 Å². The van der Waals surface area contributed by atoms with Crippen LogP contribution in [-0.2, 0) is 14.3 Å². The van der Waals surface area contributed by atoms with E-state index in [1.54, 1.807) is 0 Å². The summed E-state index contributed by atoms with van der Waals surface area (Å²) in [6, 6.07) is 0. The van der Waals surface area contributed by atoms with E-state index >= 15 is 0 Å². The van der Waals surface area contributed by atoms with Gasteiger partial charge in [-0.05, 0) is 6.92 Å². The summed E-state index contributed by atoms with van der Waals surface area (Å²) in [7, 11) is 0. The second-order valence-corrected chi connectivity index (χ2v) is 2.81. The van der Waals surface area contributed by atoms with E-state index in [9.17, 15) is 9.59 Å². The van der Waals surface area contributed by atoms with Crippen LogP contribution in [0.15, 0.2) is 0 Å². The molecule has 1 aliphatic rings. The number of ether oxygens (including phenoxy) is 1. The van der Waals surface area contributed by atoms with Gasteiger partial charge in [0.05, 0.1) is 6.10 Å². The molecule has 0 spiro atoms. The molecule has 1 fully saturated rings. The van der Waals surface area contributed by atoms with Crippen molar-refractivity contribution in [2.75, 3.05) is 0 Å². The number of esters is 1. The highest BCUT2D eigenvalue weighted by Crippen LogP contribution is 2.19. The number of aliphatic hydroxyl groups is 1. The van der Waals surface area contributed by atoms with E-state index in [0.717, 1.165) is 0 Å². The minimum Gasteiger partial charge on any atom is -0.441 e. The van der Waals surface area contributed by atoms with Crippen molar-refractivity contribution in [1.29, 1.82) is 0 Å². The zero-order chi connectivity index (χ0) is 9.30. The van der Waals surface area contributed by atoms with Crippen molar-refractivity contribution in [3.63, 3.8) is 0 Å². The molecular formula is C7H11NO4. The molecule has 5 nitrogen and oxygen atoms in total. The summed E-state index contributed by atoms with van der Waals surface area (Å²) in [5, 5.41) is 11.4. The van der Waals surface area contributed by atoms with Crippen LogP contribution in [0.25, 0.3) is 0 Å². The number of carbonyl (C=O) groups is 2. The number of carbonyl (C=O) groups excluding carboxylic acids is 2. The first kappa shape index (κ1) is 8.99. The monoisotopic (exact) mass is 173 g/mol. The lowest BCUT2D eigenvalue weighted by atomic mass is 9.94. The van der Waals surface area contributed by atoms with E-state index < -0.39 is 24.2 Å². The molecule has 5 heteroatoms. The van der Waals surface area contributed by atoms with Crippen molar-refractivity contribution in [2.45, 2.75) is 26.2 Å². The van der Waals surface area contributed by atoms with E-state index in [2.05, 4.69) is 5.32 Å². The van der Waals surface area contributed by atoms with Crippen molar-refractivity contribution in [1.82, 2.24) is 5.32 Å². The second kappa shape index (κ2) is 3.10. The Hall–Kier alpha value is -1.10. The van der Waals surface area contributed by atoms with Crippen LogP contribution in [-0.4, -0.2) is 29.3 Å². The molecule has 0 unspecified atom stereocenters. The lowest BCUT2D eigenvalue weighted by Crippen LogP contribution is -2.63. The molecule has 12 heavy (non-hydrogen) atoms. The SMILES string of the molecule is CC(=O)O[C@@H]1NC(=O)[C@@H]1[C@@H](C)O. The van der Waals surface area contributed by atoms with Crippen LogP contribution in [0.2, 0.25) is 0 Å². The fourth-order valence-corrected chi connectivity index (χ4v) is 1.12. The van der Waals surface area contributed by atoms with Crippen molar-refractivity contribution in [2.24, 2.45) is 5.92 Å². The van der Waals surface area contributed by atoms with Gasteiger partial charge in [-0.2, -0.15) is 0 Å². The van der Waals surface area contributed by atoms with Crippen LogP contribution in [0.3, 0.4) is 0 Å². The Morgan fingerprint density at radius 1 is 1.75 bits per heavy atom. The van der Waals surface area contributed by atoms with Crippen molar-refractivity contribution in [3.05, 3.63) is 0 Å². The van der Waals surface area contributed by atoms with Gasteiger partial charge in [-0.1, -0.05) is 0 Å². The Morgan fingerprint density at radius 3 is 2.67 bits per heavy atom. The normalized spacial score (nSPS) is 30.1. The van der Waals surface area contributed by atoms with Gasteiger partial charge in [-0.25, -0.2) is 0 Å². The lowest BCUT2D eigenvalue weighted by molar-refractivity contribution is -0.173. The Labute approximate surface area is 69.7 Å². The molecule has 0 bridgehead atoms. The largest absolute Gasteiger partial charge is 0.441 e. The molecule has 0 aromatic carbocycles. The van der Waals surface area contributed by atoms with Gasteiger partial charge in [-0.15, -0.1) is 0 Å². The zero-order valence-electron chi connectivity index (χ0n) is 6.90. The first-order valence-corrected chi connectivity index (χ1v) is 3.68. The maximum Gasteiger partial charge on any atom is 0.304 e. The predicted molar refractivity (Wildman–Crippen MR) is 38.9 cm³/mol. The van der Waals surface area contributed by atoms with Gasteiger partial charge < -0.3 is 15.2 Å². The van der Waals surface area contributed by atoms with Gasteiger partial charge in [0.15, 0.2) is 6.23 Å². The number of hydrogen-bond donors (Lipinski definition) is 2. The van der Waals surface area contributed by atoms with Gasteiger partial charge in [0.25, 0.3) is 0 Å². The number of amides is 1. The van der Waals surface area contributed by atoms with Crippen LogP contribution in [0.1, 0.15) is 13.8 Å². The molecule has 0 aliphatic carbocycles. The molecule has 2 N–H and O–H groups in total. The Morgan fingerprint density at radius 2 is 2.33 bits per heavy atom. The third kappa shape index (κ3) is 1.55. The third-order valence-corrected chi connectivity index (χ3v) is 1.73. The summed E-state index contributed by atoms with van der Waals surface area (Å²) in [4.78, 5) is 21.3. The van der Waals surface area contributed by atoms with Crippen molar-refractivity contribution in [3.8, 4) is 0 Å². The molecule has 0 aromatic heterocycles. The summed E-state index contributed by atoms with van der Waals surface area (Å²) in [5.41, 5.74) is 0. The standard InChI is InChI=1S/C7H11NO4/c1-3(9)5-6(11)8-7(5)12-4(2)10/h3,5,7,9H,1-2H3,(H,8,11)/t3-,5+,7+/m1/s1. The molecule has 1 amide bonds.